The largest absolute Gasteiger partial charge is 0.372 e. The van der Waals surface area contributed by atoms with Crippen LogP contribution in [0.4, 0.5) is 5.82 Å². The van der Waals surface area contributed by atoms with E-state index in [0.717, 1.165) is 5.82 Å². The van der Waals surface area contributed by atoms with Crippen LogP contribution in [0, 0.1) is 0 Å². The molecule has 1 aromatic heterocycles. The van der Waals surface area contributed by atoms with Crippen molar-refractivity contribution in [3.8, 4) is 0 Å². The van der Waals surface area contributed by atoms with Gasteiger partial charge in [0.1, 0.15) is 5.82 Å². The summed E-state index contributed by atoms with van der Waals surface area (Å²) < 4.78 is 0. The quantitative estimate of drug-likeness (QED) is 0.581. The highest BCUT2D eigenvalue weighted by molar-refractivity contribution is 5.27. The third-order valence-corrected chi connectivity index (χ3v) is 0.819. The van der Waals surface area contributed by atoms with Gasteiger partial charge in [-0.25, -0.2) is 4.98 Å². The third-order valence-electron chi connectivity index (χ3n) is 0.819. The van der Waals surface area contributed by atoms with E-state index >= 15 is 0 Å². The average molecular weight is 111 g/mol. The van der Waals surface area contributed by atoms with E-state index in [-0.39, 0.29) is 1.43 Å². The van der Waals surface area contributed by atoms with Crippen molar-refractivity contribution in [1.29, 1.82) is 0 Å². The molecule has 8 heavy (non-hydrogen) atoms. The fraction of sp³-hybridized carbons (Fsp3) is 0.200. The van der Waals surface area contributed by atoms with E-state index in [1.807, 2.05) is 7.05 Å². The van der Waals surface area contributed by atoms with Crippen LogP contribution in [-0.2, 0) is 0 Å². The monoisotopic (exact) mass is 111 g/mol. The Labute approximate surface area is 49.3 Å². The first-order chi connectivity index (χ1) is 3.93. The van der Waals surface area contributed by atoms with E-state index in [0.29, 0.717) is 0 Å². The molecule has 0 amide bonds. The molecule has 0 aromatic carbocycles. The summed E-state index contributed by atoms with van der Waals surface area (Å²) in [7, 11) is 1.81. The zero-order chi connectivity index (χ0) is 5.82. The van der Waals surface area contributed by atoms with E-state index in [1.165, 1.54) is 0 Å². The van der Waals surface area contributed by atoms with Gasteiger partial charge in [-0.05, 0) is 0 Å². The molecule has 0 spiro atoms. The predicted octanol–water partition coefficient (Wildman–Crippen LogP) is 0.764. The van der Waals surface area contributed by atoms with Crippen molar-refractivity contribution < 1.29 is 1.43 Å². The van der Waals surface area contributed by atoms with Crippen molar-refractivity contribution in [2.45, 2.75) is 0 Å². The van der Waals surface area contributed by atoms with Crippen LogP contribution < -0.4 is 5.32 Å². The Bertz CT molecular complexity index is 154. The van der Waals surface area contributed by atoms with E-state index < -0.39 is 0 Å². The molecule has 0 fully saturated rings. The van der Waals surface area contributed by atoms with Crippen LogP contribution in [0.5, 0.6) is 0 Å². The van der Waals surface area contributed by atoms with Crippen LogP contribution >= 0.6 is 0 Å². The molecule has 0 bridgehead atoms. The molecule has 0 aliphatic heterocycles. The summed E-state index contributed by atoms with van der Waals surface area (Å²) in [6.45, 7) is 0. The van der Waals surface area contributed by atoms with Gasteiger partial charge in [0, 0.05) is 20.9 Å². The predicted molar refractivity (Wildman–Crippen MR) is 33.7 cm³/mol. The minimum Gasteiger partial charge on any atom is -0.372 e. The summed E-state index contributed by atoms with van der Waals surface area (Å²) in [6.07, 6.45) is 4.95. The fourth-order valence-electron chi connectivity index (χ4n) is 0.428. The lowest BCUT2D eigenvalue weighted by molar-refractivity contribution is 1.19. The Balaban J connectivity index is 0.000000640. The maximum Gasteiger partial charge on any atom is 0.144 e. The lowest BCUT2D eigenvalue weighted by atomic mass is 10.7. The van der Waals surface area contributed by atoms with Crippen LogP contribution in [0.2, 0.25) is 0 Å². The highest BCUT2D eigenvalue weighted by Crippen LogP contribution is 1.91. The first-order valence-corrected chi connectivity index (χ1v) is 2.37. The summed E-state index contributed by atoms with van der Waals surface area (Å²) in [4.78, 5) is 7.75. The number of anilines is 1. The SMILES string of the molecule is CNc1cnccn1.[HH]. The highest BCUT2D eigenvalue weighted by atomic mass is 15.0. The molecule has 1 aromatic rings. The first kappa shape index (κ1) is 5.03. The molecule has 3 heteroatoms. The van der Waals surface area contributed by atoms with Gasteiger partial charge >= 0.3 is 0 Å². The van der Waals surface area contributed by atoms with E-state index in [1.54, 1.807) is 18.6 Å². The second-order valence-corrected chi connectivity index (χ2v) is 1.34. The molecule has 0 radical (unpaired) electrons. The number of hydrogen-bond acceptors (Lipinski definition) is 3. The fourth-order valence-corrected chi connectivity index (χ4v) is 0.428. The number of aromatic nitrogens is 2. The minimum atomic E-state index is 0. The van der Waals surface area contributed by atoms with Crippen molar-refractivity contribution in [2.24, 2.45) is 0 Å². The maximum absolute atomic E-state index is 3.92. The third kappa shape index (κ3) is 0.932. The van der Waals surface area contributed by atoms with Crippen LogP contribution in [0.15, 0.2) is 18.6 Å². The number of rotatable bonds is 1. The normalized spacial score (nSPS) is 8.62. The summed E-state index contributed by atoms with van der Waals surface area (Å²) in [5.41, 5.74) is 0. The standard InChI is InChI=1S/C5H7N3.H2/c1-6-5-4-7-2-3-8-5;/h2-4H,1H3,(H,6,8);1H. The van der Waals surface area contributed by atoms with Gasteiger partial charge in [-0.1, -0.05) is 0 Å². The van der Waals surface area contributed by atoms with Gasteiger partial charge in [-0.15, -0.1) is 0 Å². The van der Waals surface area contributed by atoms with Gasteiger partial charge in [0.25, 0.3) is 0 Å². The van der Waals surface area contributed by atoms with Crippen LogP contribution in [0.1, 0.15) is 1.43 Å². The van der Waals surface area contributed by atoms with Crippen molar-refractivity contribution >= 4 is 5.82 Å². The smallest absolute Gasteiger partial charge is 0.144 e. The molecule has 0 saturated heterocycles. The topological polar surface area (TPSA) is 37.8 Å². The van der Waals surface area contributed by atoms with Crippen LogP contribution in [-0.4, -0.2) is 17.0 Å². The molecule has 0 saturated carbocycles. The first-order valence-electron chi connectivity index (χ1n) is 2.37. The summed E-state index contributed by atoms with van der Waals surface area (Å²) in [5.74, 6) is 0.799. The minimum absolute atomic E-state index is 0. The second-order valence-electron chi connectivity index (χ2n) is 1.34. The van der Waals surface area contributed by atoms with Gasteiger partial charge < -0.3 is 5.32 Å². The maximum atomic E-state index is 3.92. The summed E-state index contributed by atoms with van der Waals surface area (Å²) in [6, 6.07) is 0. The Hall–Kier alpha value is -1.12. The molecular weight excluding hydrogens is 102 g/mol. The molecule has 0 aliphatic rings. The van der Waals surface area contributed by atoms with Crippen molar-refractivity contribution in [3.63, 3.8) is 0 Å². The lowest BCUT2D eigenvalue weighted by Gasteiger charge is -1.92. The van der Waals surface area contributed by atoms with E-state index in [2.05, 4.69) is 15.3 Å². The Kier molecular flexibility index (Phi) is 1.42. The number of nitrogens with one attached hydrogen (secondary N) is 1. The van der Waals surface area contributed by atoms with Gasteiger partial charge in [0.15, 0.2) is 0 Å². The van der Waals surface area contributed by atoms with E-state index in [4.69, 9.17) is 0 Å². The molecular formula is C5H9N3. The number of nitrogens with zero attached hydrogens (tertiary/aromatic N) is 2. The Morgan fingerprint density at radius 1 is 1.62 bits per heavy atom. The zero-order valence-corrected chi connectivity index (χ0v) is 4.63. The second kappa shape index (κ2) is 2.26. The molecule has 3 nitrogen and oxygen atoms in total. The molecule has 0 unspecified atom stereocenters. The van der Waals surface area contributed by atoms with Gasteiger partial charge in [0.05, 0.1) is 6.20 Å². The molecule has 44 valence electrons. The van der Waals surface area contributed by atoms with Crippen LogP contribution in [0.25, 0.3) is 0 Å². The van der Waals surface area contributed by atoms with Gasteiger partial charge in [0.2, 0.25) is 0 Å². The highest BCUT2D eigenvalue weighted by Gasteiger charge is 1.80. The van der Waals surface area contributed by atoms with Crippen molar-refractivity contribution in [1.82, 2.24) is 9.97 Å². The molecule has 1 heterocycles. The molecule has 0 atom stereocenters. The summed E-state index contributed by atoms with van der Waals surface area (Å²) in [5, 5.41) is 2.85. The van der Waals surface area contributed by atoms with E-state index in [9.17, 15) is 0 Å². The molecule has 0 aliphatic carbocycles. The van der Waals surface area contributed by atoms with Gasteiger partial charge in [-0.3, -0.25) is 4.98 Å². The Morgan fingerprint density at radius 2 is 2.50 bits per heavy atom. The van der Waals surface area contributed by atoms with Crippen molar-refractivity contribution in [3.05, 3.63) is 18.6 Å². The lowest BCUT2D eigenvalue weighted by Crippen LogP contribution is -1.90. The van der Waals surface area contributed by atoms with Crippen LogP contribution in [0.3, 0.4) is 0 Å². The zero-order valence-electron chi connectivity index (χ0n) is 4.63. The number of hydrogen-bond donors (Lipinski definition) is 1. The molecule has 1 N–H and O–H groups in total. The van der Waals surface area contributed by atoms with Crippen molar-refractivity contribution in [2.75, 3.05) is 12.4 Å². The molecule has 1 rings (SSSR count). The van der Waals surface area contributed by atoms with Gasteiger partial charge in [-0.2, -0.15) is 0 Å². The average Bonchev–Trinajstić information content (AvgIpc) is 1.90. The summed E-state index contributed by atoms with van der Waals surface area (Å²) >= 11 is 0. The Morgan fingerprint density at radius 3 is 2.88 bits per heavy atom.